The van der Waals surface area contributed by atoms with Gasteiger partial charge in [-0.2, -0.15) is 0 Å². The molecule has 0 amide bonds. The summed E-state index contributed by atoms with van der Waals surface area (Å²) in [7, 11) is 1.14. The van der Waals surface area contributed by atoms with Crippen LogP contribution in [-0.2, 0) is 23.1 Å². The van der Waals surface area contributed by atoms with Crippen LogP contribution < -0.4 is 4.89 Å². The Hall–Kier alpha value is -1.80. The molecule has 0 saturated heterocycles. The van der Waals surface area contributed by atoms with Gasteiger partial charge in [-0.05, 0) is 12.8 Å². The Balaban J connectivity index is 4.10. The zero-order valence-corrected chi connectivity index (χ0v) is 24.0. The Morgan fingerprint density at radius 3 is 2.05 bits per heavy atom. The molecule has 0 bridgehead atoms. The van der Waals surface area contributed by atoms with E-state index in [9.17, 15) is 19.4 Å². The number of aliphatic hydroxyl groups excluding tert-OH is 1. The summed E-state index contributed by atoms with van der Waals surface area (Å²) in [6.07, 6.45) is 27.1. The minimum atomic E-state index is -4.55. The van der Waals surface area contributed by atoms with E-state index in [2.05, 4.69) is 13.0 Å². The van der Waals surface area contributed by atoms with E-state index >= 15 is 0 Å². The van der Waals surface area contributed by atoms with Gasteiger partial charge in [-0.25, -0.2) is 4.79 Å². The highest BCUT2D eigenvalue weighted by Gasteiger charge is 2.18. The highest BCUT2D eigenvalue weighted by Crippen LogP contribution is 2.38. The van der Waals surface area contributed by atoms with Gasteiger partial charge in [0.25, 0.3) is 7.82 Å². The number of unbranched alkanes of at least 4 members (excludes halogenated alkanes) is 7. The minimum absolute atomic E-state index is 0.0385. The molecule has 2 atom stereocenters. The molecule has 0 fully saturated rings. The molecule has 0 heterocycles. The van der Waals surface area contributed by atoms with Gasteiger partial charge in [0.1, 0.15) is 19.3 Å². The average molecular weight is 542 g/mol. The number of ether oxygens (including phenoxy) is 1. The molecule has 0 aliphatic heterocycles. The lowest BCUT2D eigenvalue weighted by Gasteiger charge is -2.28. The summed E-state index contributed by atoms with van der Waals surface area (Å²) in [5.41, 5.74) is 0. The summed E-state index contributed by atoms with van der Waals surface area (Å²) in [5.74, 6) is -0.728. The second-order valence-corrected chi connectivity index (χ2v) is 11.1. The van der Waals surface area contributed by atoms with Crippen LogP contribution in [0.2, 0.25) is 0 Å². The molecule has 0 aliphatic rings. The zero-order valence-electron chi connectivity index (χ0n) is 23.1. The number of esters is 1. The highest BCUT2D eigenvalue weighted by molar-refractivity contribution is 7.45. The fourth-order valence-electron chi connectivity index (χ4n) is 2.88. The van der Waals surface area contributed by atoms with Crippen molar-refractivity contribution in [3.8, 4) is 0 Å². The molecule has 212 valence electrons. The molecule has 0 radical (unpaired) electrons. The first-order valence-electron chi connectivity index (χ1n) is 13.1. The van der Waals surface area contributed by atoms with Gasteiger partial charge in [-0.1, -0.05) is 100 Å². The smallest absolute Gasteiger partial charge is 0.331 e. The van der Waals surface area contributed by atoms with E-state index in [1.165, 1.54) is 57.1 Å². The topological polar surface area (TPSA) is 105 Å². The van der Waals surface area contributed by atoms with Crippen LogP contribution in [0.1, 0.15) is 58.3 Å². The number of carbonyl (C=O) groups excluding carboxylic acids is 1. The molecular weight excluding hydrogens is 493 g/mol. The third-order valence-corrected chi connectivity index (χ3v) is 6.00. The largest absolute Gasteiger partial charge is 0.756 e. The first kappa shape index (κ1) is 35.2. The molecule has 1 N–H and O–H groups in total. The molecule has 9 heteroatoms. The number of rotatable bonds is 22. The zero-order chi connectivity index (χ0) is 27.8. The van der Waals surface area contributed by atoms with Crippen LogP contribution in [0.5, 0.6) is 0 Å². The summed E-state index contributed by atoms with van der Waals surface area (Å²) in [6.45, 7) is 1.55. The third kappa shape index (κ3) is 25.6. The first-order valence-corrected chi connectivity index (χ1v) is 14.6. The predicted octanol–water partition coefficient (Wildman–Crippen LogP) is 5.02. The van der Waals surface area contributed by atoms with Crippen molar-refractivity contribution in [3.63, 3.8) is 0 Å². The number of phosphoric acid groups is 1. The summed E-state index contributed by atoms with van der Waals surface area (Å²) >= 11 is 0. The van der Waals surface area contributed by atoms with E-state index in [-0.39, 0.29) is 6.61 Å². The van der Waals surface area contributed by atoms with Gasteiger partial charge in [-0.15, -0.1) is 0 Å². The van der Waals surface area contributed by atoms with E-state index in [0.29, 0.717) is 11.0 Å². The number of nitrogens with zero attached hydrogens (tertiary/aromatic N) is 1. The number of carbonyl (C=O) groups is 1. The summed E-state index contributed by atoms with van der Waals surface area (Å²) in [4.78, 5) is 23.6. The van der Waals surface area contributed by atoms with E-state index in [1.807, 2.05) is 51.5 Å². The SMILES string of the molecule is CCCCCCCCCC=CC=CC=CC=CC=CC(=O)O[C@H](CO)COP(=O)([O-])OCC[N+](C)(C)C. The highest BCUT2D eigenvalue weighted by atomic mass is 31.2. The molecule has 37 heavy (non-hydrogen) atoms. The van der Waals surface area contributed by atoms with Crippen LogP contribution in [0.25, 0.3) is 0 Å². The van der Waals surface area contributed by atoms with Crippen LogP contribution >= 0.6 is 7.82 Å². The van der Waals surface area contributed by atoms with Gasteiger partial charge in [-0.3, -0.25) is 4.57 Å². The normalized spacial score (nSPS) is 15.5. The lowest BCUT2D eigenvalue weighted by atomic mass is 10.1. The molecule has 8 nitrogen and oxygen atoms in total. The van der Waals surface area contributed by atoms with E-state index in [1.54, 1.807) is 12.2 Å². The monoisotopic (exact) mass is 541 g/mol. The van der Waals surface area contributed by atoms with E-state index in [4.69, 9.17) is 13.8 Å². The maximum absolute atomic E-state index is 11.9. The van der Waals surface area contributed by atoms with Crippen molar-refractivity contribution in [1.29, 1.82) is 0 Å². The lowest BCUT2D eigenvalue weighted by molar-refractivity contribution is -0.870. The third-order valence-electron chi connectivity index (χ3n) is 5.04. The second kappa shape index (κ2) is 22.2. The van der Waals surface area contributed by atoms with Gasteiger partial charge >= 0.3 is 5.97 Å². The maximum Gasteiger partial charge on any atom is 0.331 e. The van der Waals surface area contributed by atoms with Gasteiger partial charge in [0.05, 0.1) is 34.4 Å². The number of likely N-dealkylation sites (N-methyl/N-ethyl adjacent to an activating group) is 1. The van der Waals surface area contributed by atoms with Crippen LogP contribution in [0.4, 0.5) is 0 Å². The molecular formula is C28H48NO7P. The number of phosphoric ester groups is 1. The van der Waals surface area contributed by atoms with Crippen molar-refractivity contribution in [1.82, 2.24) is 0 Å². The standard InChI is InChI=1S/C28H48NO7P/c1-5-6-7-8-9-10-11-12-13-14-15-16-17-18-19-20-21-22-28(31)36-27(25-30)26-35-37(32,33)34-24-23-29(2,3)4/h13-22,27,30H,5-12,23-26H2,1-4H3/t27-/m1/s1. The number of hydrogen-bond donors (Lipinski definition) is 1. The minimum Gasteiger partial charge on any atom is -0.756 e. The predicted molar refractivity (Wildman–Crippen MR) is 148 cm³/mol. The first-order chi connectivity index (χ1) is 17.6. The summed E-state index contributed by atoms with van der Waals surface area (Å²) in [5, 5.41) is 9.32. The average Bonchev–Trinajstić information content (AvgIpc) is 2.82. The van der Waals surface area contributed by atoms with Gasteiger partial charge in [0, 0.05) is 6.08 Å². The fourth-order valence-corrected chi connectivity index (χ4v) is 3.61. The Bertz CT molecular complexity index is 782. The van der Waals surface area contributed by atoms with Gasteiger partial charge < -0.3 is 28.3 Å². The molecule has 0 rings (SSSR count). The molecule has 0 aromatic carbocycles. The van der Waals surface area contributed by atoms with Crippen molar-refractivity contribution in [2.75, 3.05) is 47.5 Å². The Morgan fingerprint density at radius 1 is 0.892 bits per heavy atom. The summed E-state index contributed by atoms with van der Waals surface area (Å²) < 4.78 is 26.8. The fraction of sp³-hybridized carbons (Fsp3) is 0.607. The van der Waals surface area contributed by atoms with E-state index < -0.39 is 33.1 Å². The van der Waals surface area contributed by atoms with Crippen molar-refractivity contribution in [2.24, 2.45) is 0 Å². The maximum atomic E-state index is 11.9. The number of allylic oxidation sites excluding steroid dienone is 9. The Kier molecular flexibility index (Phi) is 21.1. The van der Waals surface area contributed by atoms with Crippen LogP contribution in [-0.4, -0.2) is 69.2 Å². The number of hydrogen-bond acceptors (Lipinski definition) is 7. The molecule has 0 saturated carbocycles. The van der Waals surface area contributed by atoms with Crippen molar-refractivity contribution < 1.29 is 37.6 Å². The van der Waals surface area contributed by atoms with Crippen LogP contribution in [0.15, 0.2) is 60.8 Å². The Morgan fingerprint density at radius 2 is 1.46 bits per heavy atom. The molecule has 0 spiro atoms. The van der Waals surface area contributed by atoms with Crippen molar-refractivity contribution in [3.05, 3.63) is 60.8 Å². The number of quaternary nitrogens is 1. The van der Waals surface area contributed by atoms with Gasteiger partial charge in [0.2, 0.25) is 0 Å². The molecule has 0 aliphatic carbocycles. The molecule has 1 unspecified atom stereocenters. The van der Waals surface area contributed by atoms with Gasteiger partial charge in [0.15, 0.2) is 0 Å². The quantitative estimate of drug-likeness (QED) is 0.0512. The second-order valence-electron chi connectivity index (χ2n) is 9.68. The number of aliphatic hydroxyl groups is 1. The van der Waals surface area contributed by atoms with Crippen LogP contribution in [0.3, 0.4) is 0 Å². The summed E-state index contributed by atoms with van der Waals surface area (Å²) in [6, 6.07) is 0. The van der Waals surface area contributed by atoms with Crippen LogP contribution in [0, 0.1) is 0 Å². The lowest BCUT2D eigenvalue weighted by Crippen LogP contribution is -2.37. The molecule has 0 aromatic heterocycles. The Labute approximate surface area is 224 Å². The van der Waals surface area contributed by atoms with Crippen molar-refractivity contribution in [2.45, 2.75) is 64.4 Å². The van der Waals surface area contributed by atoms with E-state index in [0.717, 1.165) is 6.42 Å². The van der Waals surface area contributed by atoms with Crippen molar-refractivity contribution >= 4 is 13.8 Å². The molecule has 0 aromatic rings.